The molecule has 29 heavy (non-hydrogen) atoms. The van der Waals surface area contributed by atoms with Crippen molar-refractivity contribution in [2.24, 2.45) is 0 Å². The predicted octanol–water partition coefficient (Wildman–Crippen LogP) is 4.33. The molecule has 0 heterocycles. The van der Waals surface area contributed by atoms with Crippen molar-refractivity contribution in [3.63, 3.8) is 0 Å². The van der Waals surface area contributed by atoms with Gasteiger partial charge in [0, 0.05) is 16.8 Å². The molecule has 0 aliphatic rings. The summed E-state index contributed by atoms with van der Waals surface area (Å²) in [5.41, 5.74) is 4.03. The van der Waals surface area contributed by atoms with Crippen LogP contribution in [0.5, 0.6) is 0 Å². The Labute approximate surface area is 169 Å². The Bertz CT molecular complexity index is 1040. The Hall–Kier alpha value is -3.73. The smallest absolute Gasteiger partial charge is 0.338 e. The number of ketones is 1. The van der Waals surface area contributed by atoms with Crippen LogP contribution in [0.2, 0.25) is 0 Å². The minimum atomic E-state index is -0.625. The van der Waals surface area contributed by atoms with E-state index < -0.39 is 18.5 Å². The summed E-state index contributed by atoms with van der Waals surface area (Å²) in [4.78, 5) is 36.6. The lowest BCUT2D eigenvalue weighted by Crippen LogP contribution is -2.21. The molecule has 3 aromatic rings. The minimum absolute atomic E-state index is 0.127. The van der Waals surface area contributed by atoms with Gasteiger partial charge in [-0.15, -0.1) is 0 Å². The van der Waals surface area contributed by atoms with Gasteiger partial charge in [0.05, 0.1) is 5.56 Å². The molecular formula is C24H21NO4. The Kier molecular flexibility index (Phi) is 6.19. The van der Waals surface area contributed by atoms with Crippen molar-refractivity contribution in [1.82, 2.24) is 0 Å². The number of hydrogen-bond acceptors (Lipinski definition) is 4. The maximum Gasteiger partial charge on any atom is 0.338 e. The number of ether oxygens (including phenoxy) is 1. The second kappa shape index (κ2) is 8.97. The Morgan fingerprint density at radius 2 is 1.41 bits per heavy atom. The fraction of sp³-hybridized carbons (Fsp3) is 0.125. The third kappa shape index (κ3) is 5.17. The maximum absolute atomic E-state index is 12.4. The van der Waals surface area contributed by atoms with Crippen LogP contribution in [0.4, 0.5) is 5.69 Å². The Balaban J connectivity index is 1.56. The lowest BCUT2D eigenvalue weighted by atomic mass is 10.0. The second-order valence-electron chi connectivity index (χ2n) is 6.72. The highest BCUT2D eigenvalue weighted by Crippen LogP contribution is 2.16. The monoisotopic (exact) mass is 387 g/mol. The zero-order valence-electron chi connectivity index (χ0n) is 16.3. The van der Waals surface area contributed by atoms with Crippen molar-refractivity contribution < 1.29 is 19.1 Å². The van der Waals surface area contributed by atoms with Crippen molar-refractivity contribution in [2.45, 2.75) is 13.8 Å². The molecule has 0 unspecified atom stereocenters. The van der Waals surface area contributed by atoms with Crippen LogP contribution in [0.1, 0.15) is 37.4 Å². The summed E-state index contributed by atoms with van der Waals surface area (Å²) in [5.74, 6) is -1.17. The summed E-state index contributed by atoms with van der Waals surface area (Å²) in [5, 5.41) is 2.73. The van der Waals surface area contributed by atoms with E-state index in [9.17, 15) is 14.4 Å². The third-order valence-corrected chi connectivity index (χ3v) is 4.41. The number of esters is 1. The highest BCUT2D eigenvalue weighted by atomic mass is 16.5. The molecule has 0 spiro atoms. The number of aryl methyl sites for hydroxylation is 2. The average molecular weight is 387 g/mol. The molecule has 1 N–H and O–H groups in total. The first kappa shape index (κ1) is 20.0. The zero-order chi connectivity index (χ0) is 20.8. The van der Waals surface area contributed by atoms with Gasteiger partial charge in [-0.1, -0.05) is 60.2 Å². The van der Waals surface area contributed by atoms with Gasteiger partial charge in [0.1, 0.15) is 0 Å². The first-order chi connectivity index (χ1) is 13.9. The van der Waals surface area contributed by atoms with Gasteiger partial charge in [0.2, 0.25) is 0 Å². The molecule has 0 atom stereocenters. The van der Waals surface area contributed by atoms with E-state index in [0.717, 1.165) is 11.1 Å². The van der Waals surface area contributed by atoms with Gasteiger partial charge in [-0.25, -0.2) is 4.79 Å². The van der Waals surface area contributed by atoms with Crippen LogP contribution >= 0.6 is 0 Å². The van der Waals surface area contributed by atoms with Gasteiger partial charge in [-0.05, 0) is 37.6 Å². The van der Waals surface area contributed by atoms with Gasteiger partial charge in [-0.2, -0.15) is 0 Å². The molecule has 0 radical (unpaired) electrons. The minimum Gasteiger partial charge on any atom is -0.452 e. The molecule has 0 saturated carbocycles. The molecule has 0 aliphatic heterocycles. The average Bonchev–Trinajstić information content (AvgIpc) is 2.74. The summed E-state index contributed by atoms with van der Waals surface area (Å²) in [7, 11) is 0. The van der Waals surface area contributed by atoms with Crippen molar-refractivity contribution in [1.29, 1.82) is 0 Å². The van der Waals surface area contributed by atoms with Crippen LogP contribution in [0.3, 0.4) is 0 Å². The van der Waals surface area contributed by atoms with Crippen LogP contribution in [0, 0.1) is 13.8 Å². The van der Waals surface area contributed by atoms with E-state index in [1.165, 1.54) is 12.1 Å². The first-order valence-corrected chi connectivity index (χ1v) is 9.18. The molecule has 146 valence electrons. The van der Waals surface area contributed by atoms with E-state index in [-0.39, 0.29) is 11.3 Å². The molecule has 5 heteroatoms. The largest absolute Gasteiger partial charge is 0.452 e. The number of amides is 1. The second-order valence-corrected chi connectivity index (χ2v) is 6.72. The fourth-order valence-corrected chi connectivity index (χ4v) is 2.87. The highest BCUT2D eigenvalue weighted by molar-refractivity contribution is 6.09. The molecule has 0 bridgehead atoms. The van der Waals surface area contributed by atoms with E-state index in [0.29, 0.717) is 16.8 Å². The number of hydrogen-bond donors (Lipinski definition) is 1. The van der Waals surface area contributed by atoms with Crippen molar-refractivity contribution >= 4 is 23.3 Å². The van der Waals surface area contributed by atoms with Crippen LogP contribution in [0.15, 0.2) is 72.8 Å². The molecule has 0 fully saturated rings. The first-order valence-electron chi connectivity index (χ1n) is 9.18. The van der Waals surface area contributed by atoms with Crippen molar-refractivity contribution in [3.05, 3.63) is 101 Å². The van der Waals surface area contributed by atoms with Gasteiger partial charge < -0.3 is 10.1 Å². The summed E-state index contributed by atoms with van der Waals surface area (Å²) >= 11 is 0. The van der Waals surface area contributed by atoms with E-state index >= 15 is 0 Å². The topological polar surface area (TPSA) is 72.5 Å². The molecule has 1 amide bonds. The zero-order valence-corrected chi connectivity index (χ0v) is 16.3. The summed E-state index contributed by atoms with van der Waals surface area (Å²) in [6.07, 6.45) is 0. The SMILES string of the molecule is Cc1ccc(NC(=O)COC(=O)c2ccc(C(=O)c3ccccc3)cc2)c(C)c1. The van der Waals surface area contributed by atoms with Crippen molar-refractivity contribution in [3.8, 4) is 0 Å². The highest BCUT2D eigenvalue weighted by Gasteiger charge is 2.13. The number of nitrogens with one attached hydrogen (secondary N) is 1. The Morgan fingerprint density at radius 1 is 0.793 bits per heavy atom. The van der Waals surface area contributed by atoms with E-state index in [2.05, 4.69) is 5.32 Å². The molecule has 0 aromatic heterocycles. The lowest BCUT2D eigenvalue weighted by molar-refractivity contribution is -0.119. The maximum atomic E-state index is 12.4. The number of carbonyl (C=O) groups excluding carboxylic acids is 3. The third-order valence-electron chi connectivity index (χ3n) is 4.41. The van der Waals surface area contributed by atoms with E-state index in [1.807, 2.05) is 38.1 Å². The van der Waals surface area contributed by atoms with Gasteiger partial charge in [0.15, 0.2) is 12.4 Å². The molecule has 3 aromatic carbocycles. The van der Waals surface area contributed by atoms with E-state index in [4.69, 9.17) is 4.74 Å². The number of anilines is 1. The van der Waals surface area contributed by atoms with Crippen LogP contribution < -0.4 is 5.32 Å². The standard InChI is InChI=1S/C24H21NO4/c1-16-8-13-21(17(2)14-16)25-22(26)15-29-24(28)20-11-9-19(10-12-20)23(27)18-6-4-3-5-7-18/h3-14H,15H2,1-2H3,(H,25,26). The fourth-order valence-electron chi connectivity index (χ4n) is 2.87. The summed E-state index contributed by atoms with van der Waals surface area (Å²) < 4.78 is 5.07. The number of benzene rings is 3. The normalized spacial score (nSPS) is 10.3. The number of rotatable bonds is 6. The van der Waals surface area contributed by atoms with Gasteiger partial charge in [0.25, 0.3) is 5.91 Å². The summed E-state index contributed by atoms with van der Waals surface area (Å²) in [6, 6.07) is 20.7. The van der Waals surface area contributed by atoms with Crippen molar-refractivity contribution in [2.75, 3.05) is 11.9 Å². The molecule has 3 rings (SSSR count). The predicted molar refractivity (Wildman–Crippen MR) is 111 cm³/mol. The Morgan fingerprint density at radius 3 is 2.07 bits per heavy atom. The molecular weight excluding hydrogens is 366 g/mol. The molecule has 0 aliphatic carbocycles. The van der Waals surface area contributed by atoms with Gasteiger partial charge in [-0.3, -0.25) is 9.59 Å². The molecule has 5 nitrogen and oxygen atoms in total. The van der Waals surface area contributed by atoms with E-state index in [1.54, 1.807) is 36.4 Å². The number of carbonyl (C=O) groups is 3. The lowest BCUT2D eigenvalue weighted by Gasteiger charge is -2.10. The van der Waals surface area contributed by atoms with Crippen LogP contribution in [0.25, 0.3) is 0 Å². The summed E-state index contributed by atoms with van der Waals surface area (Å²) in [6.45, 7) is 3.48. The van der Waals surface area contributed by atoms with Gasteiger partial charge >= 0.3 is 5.97 Å². The quantitative estimate of drug-likeness (QED) is 0.505. The van der Waals surface area contributed by atoms with Crippen LogP contribution in [-0.4, -0.2) is 24.3 Å². The molecule has 0 saturated heterocycles. The van der Waals surface area contributed by atoms with Crippen LogP contribution in [-0.2, 0) is 9.53 Å².